The van der Waals surface area contributed by atoms with Gasteiger partial charge in [0.1, 0.15) is 0 Å². The van der Waals surface area contributed by atoms with Gasteiger partial charge in [-0.15, -0.1) is 11.8 Å². The molecule has 0 aromatic heterocycles. The molecule has 0 heterocycles. The number of rotatable bonds is 4. The molecule has 0 aliphatic rings. The molecule has 0 unspecified atom stereocenters. The van der Waals surface area contributed by atoms with Crippen molar-refractivity contribution in [2.24, 2.45) is 5.41 Å². The number of carbonyl (C=O) groups excluding carboxylic acids is 1. The van der Waals surface area contributed by atoms with Crippen LogP contribution in [0.15, 0.2) is 23.1 Å². The summed E-state index contributed by atoms with van der Waals surface area (Å²) in [5.41, 5.74) is 2.04. The van der Waals surface area contributed by atoms with Gasteiger partial charge in [-0.1, -0.05) is 31.5 Å². The average molecular weight is 257 g/mol. The zero-order valence-electron chi connectivity index (χ0n) is 10.1. The third-order valence-corrected chi connectivity index (χ3v) is 4.60. The molecule has 1 aromatic rings. The molecule has 88 valence electrons. The second-order valence-corrected chi connectivity index (χ2v) is 6.08. The van der Waals surface area contributed by atoms with E-state index >= 15 is 0 Å². The van der Waals surface area contributed by atoms with E-state index in [9.17, 15) is 4.79 Å². The number of aryl methyl sites for hydroxylation is 2. The molecular weight excluding hydrogens is 240 g/mol. The smallest absolute Gasteiger partial charge is 0.228 e. The van der Waals surface area contributed by atoms with Gasteiger partial charge in [-0.2, -0.15) is 0 Å². The highest BCUT2D eigenvalue weighted by Crippen LogP contribution is 2.31. The lowest BCUT2D eigenvalue weighted by atomic mass is 9.99. The fourth-order valence-corrected chi connectivity index (χ4v) is 2.52. The van der Waals surface area contributed by atoms with Crippen molar-refractivity contribution in [2.75, 3.05) is 5.75 Å². The molecule has 3 heteroatoms. The summed E-state index contributed by atoms with van der Waals surface area (Å²) in [6, 6.07) is 6.34. The molecule has 1 aromatic carbocycles. The van der Waals surface area contributed by atoms with Crippen LogP contribution < -0.4 is 0 Å². The molecule has 0 bridgehead atoms. The Kier molecular flexibility index (Phi) is 4.45. The van der Waals surface area contributed by atoms with Crippen molar-refractivity contribution in [1.82, 2.24) is 0 Å². The highest BCUT2D eigenvalue weighted by Gasteiger charge is 2.25. The summed E-state index contributed by atoms with van der Waals surface area (Å²) in [5.74, 6) is 0.708. The zero-order chi connectivity index (χ0) is 12.3. The number of hydrogen-bond acceptors (Lipinski definition) is 2. The number of thioether (sulfide) groups is 1. The molecule has 0 saturated carbocycles. The second-order valence-electron chi connectivity index (χ2n) is 4.72. The number of hydrogen-bond donors (Lipinski definition) is 0. The van der Waals surface area contributed by atoms with E-state index in [2.05, 4.69) is 32.0 Å². The van der Waals surface area contributed by atoms with Crippen LogP contribution in [0.1, 0.15) is 25.0 Å². The topological polar surface area (TPSA) is 17.1 Å². The van der Waals surface area contributed by atoms with E-state index in [4.69, 9.17) is 11.6 Å². The lowest BCUT2D eigenvalue weighted by Gasteiger charge is -2.19. The monoisotopic (exact) mass is 256 g/mol. The van der Waals surface area contributed by atoms with Crippen molar-refractivity contribution in [1.29, 1.82) is 0 Å². The van der Waals surface area contributed by atoms with Gasteiger partial charge in [-0.05, 0) is 37.1 Å². The van der Waals surface area contributed by atoms with Crippen molar-refractivity contribution in [3.05, 3.63) is 29.3 Å². The van der Waals surface area contributed by atoms with Gasteiger partial charge in [0, 0.05) is 16.1 Å². The molecule has 0 N–H and O–H groups in total. The lowest BCUT2D eigenvalue weighted by Crippen LogP contribution is -2.22. The first-order valence-corrected chi connectivity index (χ1v) is 6.59. The molecule has 1 rings (SSSR count). The maximum atomic E-state index is 11.2. The van der Waals surface area contributed by atoms with Crippen LogP contribution in [0, 0.1) is 19.3 Å². The Morgan fingerprint density at radius 1 is 1.38 bits per heavy atom. The van der Waals surface area contributed by atoms with Crippen molar-refractivity contribution >= 4 is 28.6 Å². The third kappa shape index (κ3) is 3.53. The Hall–Kier alpha value is -0.470. The van der Waals surface area contributed by atoms with Gasteiger partial charge in [0.2, 0.25) is 5.24 Å². The zero-order valence-corrected chi connectivity index (χ0v) is 11.7. The van der Waals surface area contributed by atoms with E-state index in [-0.39, 0.29) is 5.24 Å². The normalized spacial score (nSPS) is 11.6. The molecular formula is C13H17ClOS. The summed E-state index contributed by atoms with van der Waals surface area (Å²) in [4.78, 5) is 12.4. The predicted molar refractivity (Wildman–Crippen MR) is 71.3 cm³/mol. The van der Waals surface area contributed by atoms with E-state index in [0.717, 1.165) is 0 Å². The number of benzene rings is 1. The Bertz CT molecular complexity index is 399. The Morgan fingerprint density at radius 3 is 2.50 bits per heavy atom. The quantitative estimate of drug-likeness (QED) is 0.594. The summed E-state index contributed by atoms with van der Waals surface area (Å²) in [6.07, 6.45) is 0. The first-order chi connectivity index (χ1) is 7.33. The largest absolute Gasteiger partial charge is 0.281 e. The van der Waals surface area contributed by atoms with Crippen LogP contribution in [0.2, 0.25) is 0 Å². The first kappa shape index (κ1) is 13.6. The summed E-state index contributed by atoms with van der Waals surface area (Å²) in [6.45, 7) is 7.91. The SMILES string of the molecule is Cc1ccc(SCC(C)(C)C(=O)Cl)c(C)c1. The molecule has 0 spiro atoms. The molecule has 0 radical (unpaired) electrons. The van der Waals surface area contributed by atoms with Crippen LogP contribution >= 0.6 is 23.4 Å². The van der Waals surface area contributed by atoms with Gasteiger partial charge in [0.05, 0.1) is 0 Å². The molecule has 16 heavy (non-hydrogen) atoms. The minimum Gasteiger partial charge on any atom is -0.281 e. The fourth-order valence-electron chi connectivity index (χ4n) is 1.28. The van der Waals surface area contributed by atoms with Gasteiger partial charge in [-0.3, -0.25) is 4.79 Å². The highest BCUT2D eigenvalue weighted by atomic mass is 35.5. The van der Waals surface area contributed by atoms with Crippen molar-refractivity contribution < 1.29 is 4.79 Å². The predicted octanol–water partition coefficient (Wildman–Crippen LogP) is 4.19. The highest BCUT2D eigenvalue weighted by molar-refractivity contribution is 7.99. The third-order valence-electron chi connectivity index (χ3n) is 2.45. The van der Waals surface area contributed by atoms with Gasteiger partial charge in [0.25, 0.3) is 0 Å². The van der Waals surface area contributed by atoms with Crippen LogP contribution in [0.25, 0.3) is 0 Å². The summed E-state index contributed by atoms with van der Waals surface area (Å²) in [5, 5.41) is -0.273. The molecule has 1 nitrogen and oxygen atoms in total. The summed E-state index contributed by atoms with van der Waals surface area (Å²) in [7, 11) is 0. The standard InChI is InChI=1S/C13H17ClOS/c1-9-5-6-11(10(2)7-9)16-8-13(3,4)12(14)15/h5-7H,8H2,1-4H3. The van der Waals surface area contributed by atoms with Crippen LogP contribution in [0.5, 0.6) is 0 Å². The maximum Gasteiger partial charge on any atom is 0.228 e. The van der Waals surface area contributed by atoms with Crippen molar-refractivity contribution in [2.45, 2.75) is 32.6 Å². The van der Waals surface area contributed by atoms with E-state index < -0.39 is 5.41 Å². The van der Waals surface area contributed by atoms with E-state index in [1.54, 1.807) is 11.8 Å². The fraction of sp³-hybridized carbons (Fsp3) is 0.462. The van der Waals surface area contributed by atoms with Crippen LogP contribution in [0.4, 0.5) is 0 Å². The van der Waals surface area contributed by atoms with Crippen LogP contribution in [0.3, 0.4) is 0 Å². The van der Waals surface area contributed by atoms with Crippen molar-refractivity contribution in [3.63, 3.8) is 0 Å². The van der Waals surface area contributed by atoms with E-state index in [0.29, 0.717) is 5.75 Å². The maximum absolute atomic E-state index is 11.2. The minimum atomic E-state index is -0.469. The van der Waals surface area contributed by atoms with Gasteiger partial charge < -0.3 is 0 Å². The first-order valence-electron chi connectivity index (χ1n) is 5.23. The Morgan fingerprint density at radius 2 is 2.00 bits per heavy atom. The van der Waals surface area contributed by atoms with Gasteiger partial charge >= 0.3 is 0 Å². The van der Waals surface area contributed by atoms with Gasteiger partial charge in [0.15, 0.2) is 0 Å². The Balaban J connectivity index is 2.72. The Labute approximate surface area is 107 Å². The van der Waals surface area contributed by atoms with E-state index in [1.807, 2.05) is 13.8 Å². The molecule has 0 atom stereocenters. The average Bonchev–Trinajstić information content (AvgIpc) is 2.16. The molecule has 0 aliphatic carbocycles. The molecule has 0 fully saturated rings. The molecule has 0 amide bonds. The van der Waals surface area contributed by atoms with Crippen molar-refractivity contribution in [3.8, 4) is 0 Å². The van der Waals surface area contributed by atoms with E-state index in [1.165, 1.54) is 16.0 Å². The van der Waals surface area contributed by atoms with Crippen LogP contribution in [-0.2, 0) is 4.79 Å². The minimum absolute atomic E-state index is 0.273. The number of halogens is 1. The molecule has 0 saturated heterocycles. The van der Waals surface area contributed by atoms with Crippen LogP contribution in [-0.4, -0.2) is 11.0 Å². The summed E-state index contributed by atoms with van der Waals surface area (Å²) < 4.78 is 0. The molecule has 0 aliphatic heterocycles. The van der Waals surface area contributed by atoms with Gasteiger partial charge in [-0.25, -0.2) is 0 Å². The number of carbonyl (C=O) groups is 1. The summed E-state index contributed by atoms with van der Waals surface area (Å²) >= 11 is 7.23. The second kappa shape index (κ2) is 5.24. The lowest BCUT2D eigenvalue weighted by molar-refractivity contribution is -0.117.